The molecular weight excluding hydrogens is 246 g/mol. The predicted octanol–water partition coefficient (Wildman–Crippen LogP) is 1.95. The van der Waals surface area contributed by atoms with Gasteiger partial charge in [0.15, 0.2) is 5.70 Å². The van der Waals surface area contributed by atoms with Gasteiger partial charge in [0.25, 0.3) is 0 Å². The molecule has 1 aliphatic rings. The van der Waals surface area contributed by atoms with Crippen molar-refractivity contribution in [3.8, 4) is 0 Å². The van der Waals surface area contributed by atoms with Crippen LogP contribution in [0.1, 0.15) is 5.56 Å². The Morgan fingerprint density at radius 2 is 2.06 bits per heavy atom. The van der Waals surface area contributed by atoms with Crippen LogP contribution in [0, 0.1) is 11.8 Å². The molecule has 1 heterocycles. The minimum Gasteiger partial charge on any atom is -0.345 e. The smallest absolute Gasteiger partial charge is 0.345 e. The summed E-state index contributed by atoms with van der Waals surface area (Å²) in [7, 11) is 0. The number of carbonyl (C=O) groups excluding carboxylic acids is 1. The first kappa shape index (κ1) is 11.6. The van der Waals surface area contributed by atoms with Crippen LogP contribution in [-0.4, -0.2) is 5.97 Å². The van der Waals surface area contributed by atoms with Crippen LogP contribution < -0.4 is 10.6 Å². The second kappa shape index (κ2) is 4.52. The quantitative estimate of drug-likeness (QED) is 0.496. The molecule has 2 rings (SSSR count). The lowest BCUT2D eigenvalue weighted by molar-refractivity contribution is -0.140. The van der Waals surface area contributed by atoms with Gasteiger partial charge in [-0.2, -0.15) is 0 Å². The SMILES string of the molecule is Cc1ccc(N2NOC(=O)C2=C(Cl)N=O)cc1. The van der Waals surface area contributed by atoms with E-state index in [1.807, 2.05) is 19.1 Å². The molecule has 1 aromatic rings. The average Bonchev–Trinajstić information content (AvgIpc) is 2.71. The van der Waals surface area contributed by atoms with Gasteiger partial charge < -0.3 is 4.84 Å². The van der Waals surface area contributed by atoms with Crippen molar-refractivity contribution >= 4 is 23.3 Å². The van der Waals surface area contributed by atoms with Crippen molar-refractivity contribution in [3.05, 3.63) is 45.6 Å². The van der Waals surface area contributed by atoms with Crippen LogP contribution >= 0.6 is 11.6 Å². The Labute approximate surface area is 102 Å². The summed E-state index contributed by atoms with van der Waals surface area (Å²) in [4.78, 5) is 26.3. The van der Waals surface area contributed by atoms with Crippen LogP contribution in [0.15, 0.2) is 40.3 Å². The Bertz CT molecular complexity index is 498. The maximum Gasteiger partial charge on any atom is 0.380 e. The summed E-state index contributed by atoms with van der Waals surface area (Å²) in [6.45, 7) is 1.93. The van der Waals surface area contributed by atoms with Gasteiger partial charge in [0.2, 0.25) is 5.16 Å². The number of nitroso groups, excluding NO2 is 1. The van der Waals surface area contributed by atoms with Gasteiger partial charge in [-0.05, 0) is 24.2 Å². The molecule has 0 amide bonds. The number of hydrogen-bond donors (Lipinski definition) is 1. The zero-order valence-corrected chi connectivity index (χ0v) is 9.56. The predicted molar refractivity (Wildman–Crippen MR) is 61.6 cm³/mol. The molecule has 88 valence electrons. The zero-order chi connectivity index (χ0) is 12.4. The standard InChI is InChI=1S/C10H8ClN3O3/c1-6-2-4-7(5-3-6)14-8(9(11)12-16)10(15)17-13-14/h2-5,13H,1H3. The zero-order valence-electron chi connectivity index (χ0n) is 8.81. The summed E-state index contributed by atoms with van der Waals surface area (Å²) >= 11 is 5.56. The summed E-state index contributed by atoms with van der Waals surface area (Å²) in [5, 5.41) is 3.32. The van der Waals surface area contributed by atoms with E-state index in [1.54, 1.807) is 12.1 Å². The highest BCUT2D eigenvalue weighted by atomic mass is 35.5. The molecule has 0 spiro atoms. The molecule has 0 unspecified atom stereocenters. The van der Waals surface area contributed by atoms with E-state index in [-0.39, 0.29) is 5.70 Å². The van der Waals surface area contributed by atoms with Crippen LogP contribution in [0.2, 0.25) is 0 Å². The van der Waals surface area contributed by atoms with Crippen molar-refractivity contribution in [2.75, 3.05) is 5.01 Å². The Morgan fingerprint density at radius 3 is 2.65 bits per heavy atom. The largest absolute Gasteiger partial charge is 0.380 e. The summed E-state index contributed by atoms with van der Waals surface area (Å²) in [5.74, 6) is -0.754. The lowest BCUT2D eigenvalue weighted by atomic mass is 10.2. The van der Waals surface area contributed by atoms with Crippen molar-refractivity contribution in [2.24, 2.45) is 5.18 Å². The first-order valence-electron chi connectivity index (χ1n) is 4.70. The summed E-state index contributed by atoms with van der Waals surface area (Å²) < 4.78 is 0. The molecule has 0 aliphatic carbocycles. The van der Waals surface area contributed by atoms with E-state index in [9.17, 15) is 9.70 Å². The summed E-state index contributed by atoms with van der Waals surface area (Å²) in [5.41, 5.74) is 3.89. The number of benzene rings is 1. The maximum atomic E-state index is 11.4. The average molecular weight is 254 g/mol. The van der Waals surface area contributed by atoms with Crippen molar-refractivity contribution < 1.29 is 9.63 Å². The first-order chi connectivity index (χ1) is 8.13. The lowest BCUT2D eigenvalue weighted by Gasteiger charge is -2.15. The van der Waals surface area contributed by atoms with E-state index in [0.29, 0.717) is 5.69 Å². The summed E-state index contributed by atoms with van der Waals surface area (Å²) in [6, 6.07) is 7.19. The van der Waals surface area contributed by atoms with Gasteiger partial charge in [-0.15, -0.1) is 4.91 Å². The third-order valence-electron chi connectivity index (χ3n) is 2.21. The number of hydrazine groups is 1. The number of nitrogens with one attached hydrogen (secondary N) is 1. The molecule has 0 atom stereocenters. The number of carbonyl (C=O) groups is 1. The van der Waals surface area contributed by atoms with Crippen LogP contribution in [-0.2, 0) is 9.63 Å². The van der Waals surface area contributed by atoms with Gasteiger partial charge in [0, 0.05) is 0 Å². The van der Waals surface area contributed by atoms with E-state index in [2.05, 4.69) is 15.6 Å². The van der Waals surface area contributed by atoms with E-state index < -0.39 is 11.1 Å². The number of aryl methyl sites for hydroxylation is 1. The number of halogens is 1. The van der Waals surface area contributed by atoms with Crippen molar-refractivity contribution in [3.63, 3.8) is 0 Å². The second-order valence-electron chi connectivity index (χ2n) is 3.38. The molecule has 17 heavy (non-hydrogen) atoms. The third kappa shape index (κ3) is 2.13. The fraction of sp³-hybridized carbons (Fsp3) is 0.100. The normalized spacial score (nSPS) is 18.0. The van der Waals surface area contributed by atoms with E-state index in [1.165, 1.54) is 5.01 Å². The second-order valence-corrected chi connectivity index (χ2v) is 3.74. The lowest BCUT2D eigenvalue weighted by Crippen LogP contribution is -2.28. The minimum absolute atomic E-state index is 0.134. The summed E-state index contributed by atoms with van der Waals surface area (Å²) in [6.07, 6.45) is 0. The molecule has 1 aromatic carbocycles. The molecule has 1 saturated heterocycles. The molecule has 1 aliphatic heterocycles. The van der Waals surface area contributed by atoms with E-state index in [4.69, 9.17) is 11.6 Å². The van der Waals surface area contributed by atoms with Crippen molar-refractivity contribution in [1.82, 2.24) is 5.59 Å². The van der Waals surface area contributed by atoms with Gasteiger partial charge in [-0.25, -0.2) is 9.80 Å². The topological polar surface area (TPSA) is 71.0 Å². The van der Waals surface area contributed by atoms with E-state index >= 15 is 0 Å². The van der Waals surface area contributed by atoms with E-state index in [0.717, 1.165) is 5.56 Å². The van der Waals surface area contributed by atoms with Crippen LogP contribution in [0.5, 0.6) is 0 Å². The molecule has 7 heteroatoms. The molecule has 1 N–H and O–H groups in total. The number of nitrogens with zero attached hydrogens (tertiary/aromatic N) is 2. The molecule has 1 fully saturated rings. The number of rotatable bonds is 2. The molecular formula is C10H8ClN3O3. The van der Waals surface area contributed by atoms with Crippen LogP contribution in [0.4, 0.5) is 5.69 Å². The third-order valence-corrected chi connectivity index (χ3v) is 2.46. The molecule has 0 bridgehead atoms. The molecule has 0 aromatic heterocycles. The Hall–Kier alpha value is -1.92. The monoisotopic (exact) mass is 253 g/mol. The Balaban J connectivity index is 2.42. The highest BCUT2D eigenvalue weighted by Gasteiger charge is 2.32. The highest BCUT2D eigenvalue weighted by Crippen LogP contribution is 2.26. The van der Waals surface area contributed by atoms with Crippen LogP contribution in [0.3, 0.4) is 0 Å². The van der Waals surface area contributed by atoms with Gasteiger partial charge >= 0.3 is 5.97 Å². The fourth-order valence-corrected chi connectivity index (χ4v) is 1.53. The number of anilines is 1. The Morgan fingerprint density at radius 1 is 1.41 bits per heavy atom. The van der Waals surface area contributed by atoms with Gasteiger partial charge in [-0.3, -0.25) is 0 Å². The van der Waals surface area contributed by atoms with Crippen molar-refractivity contribution in [2.45, 2.75) is 6.92 Å². The highest BCUT2D eigenvalue weighted by molar-refractivity contribution is 6.31. The van der Waals surface area contributed by atoms with Crippen molar-refractivity contribution in [1.29, 1.82) is 0 Å². The van der Waals surface area contributed by atoms with Crippen LogP contribution in [0.25, 0.3) is 0 Å². The van der Waals surface area contributed by atoms with Gasteiger partial charge in [0.1, 0.15) is 0 Å². The van der Waals surface area contributed by atoms with Gasteiger partial charge in [0.05, 0.1) is 5.69 Å². The maximum absolute atomic E-state index is 11.4. The van der Waals surface area contributed by atoms with Gasteiger partial charge in [-0.1, -0.05) is 34.9 Å². The molecule has 0 radical (unpaired) electrons. The first-order valence-corrected chi connectivity index (χ1v) is 5.08. The molecule has 0 saturated carbocycles. The fourth-order valence-electron chi connectivity index (χ4n) is 1.37. The number of hydrogen-bond acceptors (Lipinski definition) is 6. The Kier molecular flexibility index (Phi) is 3.08. The molecule has 6 nitrogen and oxygen atoms in total. The minimum atomic E-state index is -0.754.